The molecule has 0 N–H and O–H groups in total. The van der Waals surface area contributed by atoms with Crippen LogP contribution in [0, 0.1) is 5.82 Å². The molecule has 0 spiro atoms. The lowest BCUT2D eigenvalue weighted by Crippen LogP contribution is -2.32. The van der Waals surface area contributed by atoms with Crippen LogP contribution >= 0.6 is 0 Å². The standard InChI is InChI=1S/C14H14F3NO/c1-2-10-5-11(7-12(15)6-10)8-13(19)18-4-3-14(16,17)9-18/h2,5-7H,1,3-4,8-9H2. The number of halogens is 3. The van der Waals surface area contributed by atoms with Crippen LogP contribution in [0.15, 0.2) is 24.8 Å². The van der Waals surface area contributed by atoms with Crippen molar-refractivity contribution in [3.63, 3.8) is 0 Å². The molecule has 1 heterocycles. The fourth-order valence-electron chi connectivity index (χ4n) is 2.13. The second-order valence-corrected chi connectivity index (χ2v) is 4.69. The molecule has 5 heteroatoms. The minimum Gasteiger partial charge on any atom is -0.336 e. The Balaban J connectivity index is 2.07. The number of nitrogens with zero attached hydrogens (tertiary/aromatic N) is 1. The summed E-state index contributed by atoms with van der Waals surface area (Å²) in [6, 6.07) is 4.16. The zero-order valence-electron chi connectivity index (χ0n) is 10.3. The van der Waals surface area contributed by atoms with Crippen LogP contribution in [0.2, 0.25) is 0 Å². The molecule has 1 aromatic rings. The minimum absolute atomic E-state index is 0.0511. The Morgan fingerprint density at radius 2 is 2.16 bits per heavy atom. The lowest BCUT2D eigenvalue weighted by molar-refractivity contribution is -0.130. The van der Waals surface area contributed by atoms with E-state index < -0.39 is 24.2 Å². The highest BCUT2D eigenvalue weighted by Gasteiger charge is 2.40. The van der Waals surface area contributed by atoms with Gasteiger partial charge in [-0.2, -0.15) is 0 Å². The predicted octanol–water partition coefficient (Wildman–Crippen LogP) is 2.88. The maximum absolute atomic E-state index is 13.3. The van der Waals surface area contributed by atoms with Crippen molar-refractivity contribution in [2.45, 2.75) is 18.8 Å². The summed E-state index contributed by atoms with van der Waals surface area (Å²) in [4.78, 5) is 13.0. The summed E-state index contributed by atoms with van der Waals surface area (Å²) in [6.45, 7) is 3.03. The van der Waals surface area contributed by atoms with Gasteiger partial charge in [-0.15, -0.1) is 0 Å². The molecule has 0 atom stereocenters. The Kier molecular flexibility index (Phi) is 3.64. The Labute approximate surface area is 109 Å². The molecule has 1 aliphatic rings. The van der Waals surface area contributed by atoms with E-state index in [-0.39, 0.29) is 19.4 Å². The van der Waals surface area contributed by atoms with Crippen molar-refractivity contribution in [2.24, 2.45) is 0 Å². The average molecular weight is 269 g/mol. The van der Waals surface area contributed by atoms with E-state index in [1.165, 1.54) is 18.2 Å². The van der Waals surface area contributed by atoms with E-state index in [1.54, 1.807) is 6.07 Å². The van der Waals surface area contributed by atoms with Crippen molar-refractivity contribution in [3.05, 3.63) is 41.7 Å². The summed E-state index contributed by atoms with van der Waals surface area (Å²) in [7, 11) is 0. The van der Waals surface area contributed by atoms with E-state index in [1.807, 2.05) is 0 Å². The van der Waals surface area contributed by atoms with Crippen molar-refractivity contribution in [2.75, 3.05) is 13.1 Å². The van der Waals surface area contributed by atoms with Crippen LogP contribution in [0.4, 0.5) is 13.2 Å². The second kappa shape index (κ2) is 5.07. The lowest BCUT2D eigenvalue weighted by Gasteiger charge is -2.16. The first-order chi connectivity index (χ1) is 8.89. The zero-order valence-corrected chi connectivity index (χ0v) is 10.3. The summed E-state index contributed by atoms with van der Waals surface area (Å²) in [6.07, 6.45) is 1.09. The first-order valence-corrected chi connectivity index (χ1v) is 5.97. The van der Waals surface area contributed by atoms with Crippen LogP contribution in [0.3, 0.4) is 0 Å². The van der Waals surface area contributed by atoms with E-state index in [4.69, 9.17) is 0 Å². The maximum atomic E-state index is 13.3. The van der Waals surface area contributed by atoms with Crippen molar-refractivity contribution >= 4 is 12.0 Å². The molecule has 0 aliphatic carbocycles. The summed E-state index contributed by atoms with van der Waals surface area (Å²) < 4.78 is 39.3. The molecule has 102 valence electrons. The molecular formula is C14H14F3NO. The van der Waals surface area contributed by atoms with Gasteiger partial charge in [-0.05, 0) is 23.3 Å². The topological polar surface area (TPSA) is 20.3 Å². The predicted molar refractivity (Wildman–Crippen MR) is 66.3 cm³/mol. The van der Waals surface area contributed by atoms with Gasteiger partial charge in [0, 0.05) is 13.0 Å². The van der Waals surface area contributed by atoms with Gasteiger partial charge in [0.05, 0.1) is 13.0 Å². The van der Waals surface area contributed by atoms with Crippen molar-refractivity contribution in [1.29, 1.82) is 0 Å². The number of alkyl halides is 2. The largest absolute Gasteiger partial charge is 0.336 e. The minimum atomic E-state index is -2.80. The Hall–Kier alpha value is -1.78. The number of carbonyl (C=O) groups is 1. The molecule has 2 rings (SSSR count). The average Bonchev–Trinajstić information content (AvgIpc) is 2.69. The number of amides is 1. The molecule has 0 bridgehead atoms. The quantitative estimate of drug-likeness (QED) is 0.826. The summed E-state index contributed by atoms with van der Waals surface area (Å²) >= 11 is 0. The molecule has 1 amide bonds. The van der Waals surface area contributed by atoms with E-state index >= 15 is 0 Å². The lowest BCUT2D eigenvalue weighted by atomic mass is 10.1. The molecule has 0 radical (unpaired) electrons. The van der Waals surface area contributed by atoms with Crippen LogP contribution < -0.4 is 0 Å². The Morgan fingerprint density at radius 3 is 2.74 bits per heavy atom. The first-order valence-electron chi connectivity index (χ1n) is 5.97. The highest BCUT2D eigenvalue weighted by Crippen LogP contribution is 2.27. The van der Waals surface area contributed by atoms with Gasteiger partial charge in [-0.3, -0.25) is 4.79 Å². The molecule has 1 saturated heterocycles. The van der Waals surface area contributed by atoms with E-state index in [2.05, 4.69) is 6.58 Å². The summed E-state index contributed by atoms with van der Waals surface area (Å²) in [5, 5.41) is 0. The molecular weight excluding hydrogens is 255 g/mol. The fourth-order valence-corrected chi connectivity index (χ4v) is 2.13. The van der Waals surface area contributed by atoms with Gasteiger partial charge in [0.25, 0.3) is 5.92 Å². The Morgan fingerprint density at radius 1 is 1.42 bits per heavy atom. The van der Waals surface area contributed by atoms with Gasteiger partial charge in [-0.25, -0.2) is 13.2 Å². The van der Waals surface area contributed by atoms with E-state index in [0.29, 0.717) is 11.1 Å². The zero-order chi connectivity index (χ0) is 14.0. The SMILES string of the molecule is C=Cc1cc(F)cc(CC(=O)N2CCC(F)(F)C2)c1. The molecule has 19 heavy (non-hydrogen) atoms. The van der Waals surface area contributed by atoms with Crippen LogP contribution in [0.5, 0.6) is 0 Å². The number of hydrogen-bond donors (Lipinski definition) is 0. The third kappa shape index (κ3) is 3.36. The van der Waals surface area contributed by atoms with Gasteiger partial charge in [0.15, 0.2) is 0 Å². The van der Waals surface area contributed by atoms with Crippen molar-refractivity contribution in [3.8, 4) is 0 Å². The molecule has 2 nitrogen and oxygen atoms in total. The molecule has 1 aromatic carbocycles. The third-order valence-corrected chi connectivity index (χ3v) is 3.09. The third-order valence-electron chi connectivity index (χ3n) is 3.09. The van der Waals surface area contributed by atoms with Gasteiger partial charge in [0.2, 0.25) is 5.91 Å². The molecule has 1 fully saturated rings. The van der Waals surface area contributed by atoms with Crippen molar-refractivity contribution < 1.29 is 18.0 Å². The molecule has 1 aliphatic heterocycles. The van der Waals surface area contributed by atoms with Crippen LogP contribution in [0.1, 0.15) is 17.5 Å². The number of rotatable bonds is 3. The number of carbonyl (C=O) groups excluding carboxylic acids is 1. The van der Waals surface area contributed by atoms with Gasteiger partial charge in [0.1, 0.15) is 5.82 Å². The normalized spacial score (nSPS) is 17.5. The Bertz CT molecular complexity index is 513. The van der Waals surface area contributed by atoms with Gasteiger partial charge < -0.3 is 4.90 Å². The number of likely N-dealkylation sites (tertiary alicyclic amines) is 1. The van der Waals surface area contributed by atoms with E-state index in [9.17, 15) is 18.0 Å². The molecule has 0 saturated carbocycles. The van der Waals surface area contributed by atoms with Crippen LogP contribution in [-0.2, 0) is 11.2 Å². The molecule has 0 unspecified atom stereocenters. The highest BCUT2D eigenvalue weighted by atomic mass is 19.3. The molecule has 0 aromatic heterocycles. The van der Waals surface area contributed by atoms with Crippen LogP contribution in [0.25, 0.3) is 6.08 Å². The number of hydrogen-bond acceptors (Lipinski definition) is 1. The fraction of sp³-hybridized carbons (Fsp3) is 0.357. The smallest absolute Gasteiger partial charge is 0.267 e. The van der Waals surface area contributed by atoms with Gasteiger partial charge in [-0.1, -0.05) is 18.7 Å². The maximum Gasteiger partial charge on any atom is 0.267 e. The summed E-state index contributed by atoms with van der Waals surface area (Å²) in [5.41, 5.74) is 1.03. The van der Waals surface area contributed by atoms with Crippen molar-refractivity contribution in [1.82, 2.24) is 4.90 Å². The first kappa shape index (κ1) is 13.6. The van der Waals surface area contributed by atoms with E-state index in [0.717, 1.165) is 4.90 Å². The second-order valence-electron chi connectivity index (χ2n) is 4.69. The number of benzene rings is 1. The van der Waals surface area contributed by atoms with Crippen LogP contribution in [-0.4, -0.2) is 29.8 Å². The van der Waals surface area contributed by atoms with Gasteiger partial charge >= 0.3 is 0 Å². The monoisotopic (exact) mass is 269 g/mol. The summed E-state index contributed by atoms with van der Waals surface area (Å²) in [5.74, 6) is -3.67. The highest BCUT2D eigenvalue weighted by molar-refractivity contribution is 5.79.